The van der Waals surface area contributed by atoms with Crippen LogP contribution >= 0.6 is 0 Å². The Labute approximate surface area is 107 Å². The first-order chi connectivity index (χ1) is 8.65. The van der Waals surface area contributed by atoms with Crippen molar-refractivity contribution in [1.29, 1.82) is 5.26 Å². The molecule has 0 radical (unpaired) electrons. The van der Waals surface area contributed by atoms with Crippen LogP contribution in [0.25, 0.3) is 0 Å². The van der Waals surface area contributed by atoms with Gasteiger partial charge in [-0.25, -0.2) is 0 Å². The highest BCUT2D eigenvalue weighted by molar-refractivity contribution is 5.88. The molecule has 1 aliphatic carbocycles. The van der Waals surface area contributed by atoms with Crippen LogP contribution in [-0.2, 0) is 4.79 Å². The number of Topliss-reactive ketones (excluding diaryl/α,β-unsaturated/α-hetero) is 1. The largest absolute Gasteiger partial charge is 0.496 e. The standard InChI is InChI=1S/C15H17NO2/c1-10-3-6-12(8-15(10)18-2)13(9-16)14(17)7-11-4-5-11/h3,6,8,11,13H,4-5,7H2,1-2H3. The van der Waals surface area contributed by atoms with Crippen molar-refractivity contribution >= 4 is 5.78 Å². The molecule has 2 rings (SSSR count). The van der Waals surface area contributed by atoms with E-state index in [0.717, 1.165) is 29.7 Å². The second-order valence-electron chi connectivity index (χ2n) is 4.90. The van der Waals surface area contributed by atoms with E-state index < -0.39 is 5.92 Å². The Balaban J connectivity index is 2.21. The molecule has 1 aromatic carbocycles. The number of carbonyl (C=O) groups is 1. The van der Waals surface area contributed by atoms with Crippen molar-refractivity contribution in [2.45, 2.75) is 32.1 Å². The average molecular weight is 243 g/mol. The second-order valence-corrected chi connectivity index (χ2v) is 4.90. The summed E-state index contributed by atoms with van der Waals surface area (Å²) in [6.45, 7) is 1.94. The van der Waals surface area contributed by atoms with Crippen LogP contribution in [0.5, 0.6) is 5.75 Å². The molecule has 0 spiro atoms. The van der Waals surface area contributed by atoms with Crippen LogP contribution in [0, 0.1) is 24.2 Å². The molecular weight excluding hydrogens is 226 g/mol. The van der Waals surface area contributed by atoms with E-state index >= 15 is 0 Å². The molecule has 0 amide bonds. The van der Waals surface area contributed by atoms with Gasteiger partial charge in [-0.15, -0.1) is 0 Å². The number of ketones is 1. The Kier molecular flexibility index (Phi) is 3.66. The molecule has 1 atom stereocenters. The highest BCUT2D eigenvalue weighted by atomic mass is 16.5. The van der Waals surface area contributed by atoms with Gasteiger partial charge in [0.15, 0.2) is 5.78 Å². The predicted octanol–water partition coefficient (Wildman–Crippen LogP) is 2.98. The van der Waals surface area contributed by atoms with Crippen LogP contribution in [0.1, 0.15) is 36.3 Å². The first-order valence-electron chi connectivity index (χ1n) is 6.22. The van der Waals surface area contributed by atoms with E-state index in [4.69, 9.17) is 4.74 Å². The van der Waals surface area contributed by atoms with Crippen LogP contribution in [0.4, 0.5) is 0 Å². The van der Waals surface area contributed by atoms with Crippen LogP contribution in [0.15, 0.2) is 18.2 Å². The number of benzene rings is 1. The maximum absolute atomic E-state index is 12.0. The van der Waals surface area contributed by atoms with Crippen molar-refractivity contribution in [2.24, 2.45) is 5.92 Å². The number of carbonyl (C=O) groups excluding carboxylic acids is 1. The van der Waals surface area contributed by atoms with Gasteiger partial charge >= 0.3 is 0 Å². The molecule has 0 aliphatic heterocycles. The number of ether oxygens (including phenoxy) is 1. The molecule has 1 fully saturated rings. The minimum Gasteiger partial charge on any atom is -0.496 e. The van der Waals surface area contributed by atoms with Crippen molar-refractivity contribution in [3.8, 4) is 11.8 Å². The SMILES string of the molecule is COc1cc(C(C#N)C(=O)CC2CC2)ccc1C. The summed E-state index contributed by atoms with van der Waals surface area (Å²) in [5.41, 5.74) is 1.75. The third-order valence-corrected chi connectivity index (χ3v) is 3.40. The summed E-state index contributed by atoms with van der Waals surface area (Å²) in [7, 11) is 1.60. The summed E-state index contributed by atoms with van der Waals surface area (Å²) < 4.78 is 5.23. The fraction of sp³-hybridized carbons (Fsp3) is 0.467. The van der Waals surface area contributed by atoms with E-state index in [1.54, 1.807) is 13.2 Å². The Morgan fingerprint density at radius 1 is 1.56 bits per heavy atom. The van der Waals surface area contributed by atoms with E-state index in [2.05, 4.69) is 6.07 Å². The summed E-state index contributed by atoms with van der Waals surface area (Å²) in [4.78, 5) is 12.0. The van der Waals surface area contributed by atoms with E-state index in [9.17, 15) is 10.1 Å². The zero-order valence-corrected chi connectivity index (χ0v) is 10.8. The summed E-state index contributed by atoms with van der Waals surface area (Å²) in [6, 6.07) is 7.65. The van der Waals surface area contributed by atoms with Crippen LogP contribution in [0.2, 0.25) is 0 Å². The molecule has 3 nitrogen and oxygen atoms in total. The predicted molar refractivity (Wildman–Crippen MR) is 68.4 cm³/mol. The van der Waals surface area contributed by atoms with Crippen molar-refractivity contribution in [3.05, 3.63) is 29.3 Å². The minimum absolute atomic E-state index is 0.0332. The van der Waals surface area contributed by atoms with Gasteiger partial charge in [0, 0.05) is 6.42 Å². The first-order valence-corrected chi connectivity index (χ1v) is 6.22. The third-order valence-electron chi connectivity index (χ3n) is 3.40. The van der Waals surface area contributed by atoms with Crippen molar-refractivity contribution in [3.63, 3.8) is 0 Å². The lowest BCUT2D eigenvalue weighted by atomic mass is 9.92. The Bertz CT molecular complexity index is 498. The lowest BCUT2D eigenvalue weighted by molar-refractivity contribution is -0.119. The molecule has 0 bridgehead atoms. The van der Waals surface area contributed by atoms with E-state index in [-0.39, 0.29) is 5.78 Å². The maximum Gasteiger partial charge on any atom is 0.154 e. The normalized spacial score (nSPS) is 15.8. The summed E-state index contributed by atoms with van der Waals surface area (Å²) in [6.07, 6.45) is 2.79. The molecule has 1 saturated carbocycles. The summed E-state index contributed by atoms with van der Waals surface area (Å²) in [5, 5.41) is 9.20. The zero-order chi connectivity index (χ0) is 13.1. The molecule has 1 unspecified atom stereocenters. The van der Waals surface area contributed by atoms with Crippen LogP contribution in [0.3, 0.4) is 0 Å². The van der Waals surface area contributed by atoms with Gasteiger partial charge in [-0.05, 0) is 42.9 Å². The lowest BCUT2D eigenvalue weighted by Crippen LogP contribution is -2.11. The average Bonchev–Trinajstić information content (AvgIpc) is 3.16. The summed E-state index contributed by atoms with van der Waals surface area (Å²) in [5.74, 6) is 0.624. The van der Waals surface area contributed by atoms with Gasteiger partial charge in [0.1, 0.15) is 11.7 Å². The molecule has 94 valence electrons. The number of aryl methyl sites for hydroxylation is 1. The van der Waals surface area contributed by atoms with Crippen molar-refractivity contribution in [1.82, 2.24) is 0 Å². The second kappa shape index (κ2) is 5.22. The van der Waals surface area contributed by atoms with Gasteiger partial charge in [0.05, 0.1) is 13.2 Å². The van der Waals surface area contributed by atoms with Gasteiger partial charge in [-0.2, -0.15) is 5.26 Å². The highest BCUT2D eigenvalue weighted by Crippen LogP contribution is 2.35. The fourth-order valence-corrected chi connectivity index (χ4v) is 2.07. The van der Waals surface area contributed by atoms with Crippen molar-refractivity contribution < 1.29 is 9.53 Å². The minimum atomic E-state index is -0.653. The van der Waals surface area contributed by atoms with E-state index in [1.165, 1.54) is 0 Å². The number of hydrogen-bond acceptors (Lipinski definition) is 3. The number of methoxy groups -OCH3 is 1. The monoisotopic (exact) mass is 243 g/mol. The molecule has 0 aromatic heterocycles. The topological polar surface area (TPSA) is 50.1 Å². The molecular formula is C15H17NO2. The summed E-state index contributed by atoms with van der Waals surface area (Å²) >= 11 is 0. The number of nitriles is 1. The van der Waals surface area contributed by atoms with Crippen molar-refractivity contribution in [2.75, 3.05) is 7.11 Å². The molecule has 0 heterocycles. The fourth-order valence-electron chi connectivity index (χ4n) is 2.07. The molecule has 0 N–H and O–H groups in total. The highest BCUT2D eigenvalue weighted by Gasteiger charge is 2.29. The Morgan fingerprint density at radius 2 is 2.28 bits per heavy atom. The maximum atomic E-state index is 12.0. The molecule has 18 heavy (non-hydrogen) atoms. The lowest BCUT2D eigenvalue weighted by Gasteiger charge is -2.11. The smallest absolute Gasteiger partial charge is 0.154 e. The van der Waals surface area contributed by atoms with Gasteiger partial charge in [0.2, 0.25) is 0 Å². The first kappa shape index (κ1) is 12.6. The Morgan fingerprint density at radius 3 is 2.83 bits per heavy atom. The van der Waals surface area contributed by atoms with Gasteiger partial charge in [0.25, 0.3) is 0 Å². The molecule has 0 saturated heterocycles. The zero-order valence-electron chi connectivity index (χ0n) is 10.8. The van der Waals surface area contributed by atoms with Gasteiger partial charge in [-0.1, -0.05) is 12.1 Å². The molecule has 1 aliphatic rings. The van der Waals surface area contributed by atoms with E-state index in [1.807, 2.05) is 19.1 Å². The third kappa shape index (κ3) is 2.70. The quantitative estimate of drug-likeness (QED) is 0.798. The number of nitrogens with zero attached hydrogens (tertiary/aromatic N) is 1. The molecule has 1 aromatic rings. The molecule has 3 heteroatoms. The van der Waals surface area contributed by atoms with Gasteiger partial charge < -0.3 is 4.74 Å². The van der Waals surface area contributed by atoms with E-state index in [0.29, 0.717) is 12.3 Å². The van der Waals surface area contributed by atoms with Crippen LogP contribution in [-0.4, -0.2) is 12.9 Å². The van der Waals surface area contributed by atoms with Gasteiger partial charge in [-0.3, -0.25) is 4.79 Å². The number of rotatable bonds is 5. The Hall–Kier alpha value is -1.82. The van der Waals surface area contributed by atoms with Crippen LogP contribution < -0.4 is 4.74 Å². The number of hydrogen-bond donors (Lipinski definition) is 0.